The molecule has 1 aliphatic rings. The van der Waals surface area contributed by atoms with Gasteiger partial charge in [-0.15, -0.1) is 11.3 Å². The number of aryl methyl sites for hydroxylation is 1. The van der Waals surface area contributed by atoms with Gasteiger partial charge in [0.25, 0.3) is 0 Å². The molecule has 1 aliphatic heterocycles. The van der Waals surface area contributed by atoms with E-state index in [9.17, 15) is 21.6 Å². The van der Waals surface area contributed by atoms with Gasteiger partial charge in [0, 0.05) is 42.2 Å². The second-order valence-electron chi connectivity index (χ2n) is 8.94. The predicted octanol–water partition coefficient (Wildman–Crippen LogP) is 6.38. The second kappa shape index (κ2) is 10.0. The summed E-state index contributed by atoms with van der Waals surface area (Å²) in [6.07, 6.45) is 2.94. The number of hydrogen-bond acceptors (Lipinski definition) is 5. The molecule has 6 nitrogen and oxygen atoms in total. The number of sulfonamides is 1. The first-order valence-electron chi connectivity index (χ1n) is 11.8. The summed E-state index contributed by atoms with van der Waals surface area (Å²) >= 11 is 7.68. The Morgan fingerprint density at radius 2 is 1.78 bits per heavy atom. The quantitative estimate of drug-likeness (QED) is 0.271. The monoisotopic (exact) mass is 568 g/mol. The molecule has 0 amide bonds. The van der Waals surface area contributed by atoms with Gasteiger partial charge in [-0.25, -0.2) is 18.4 Å². The Kier molecular flexibility index (Phi) is 7.08. The Labute approximate surface area is 221 Å². The lowest BCUT2D eigenvalue weighted by Gasteiger charge is -2.33. The average Bonchev–Trinajstić information content (AvgIpc) is 3.52. The maximum Gasteiger partial charge on any atom is 0.511 e. The van der Waals surface area contributed by atoms with Crippen molar-refractivity contribution in [2.45, 2.75) is 43.7 Å². The fourth-order valence-electron chi connectivity index (χ4n) is 4.99. The Morgan fingerprint density at radius 1 is 1.11 bits per heavy atom. The molecule has 12 heteroatoms. The number of aromatic nitrogens is 3. The topological polar surface area (TPSA) is 68.1 Å². The molecular weight excluding hydrogens is 545 g/mol. The van der Waals surface area contributed by atoms with Crippen molar-refractivity contribution in [1.82, 2.24) is 18.8 Å². The van der Waals surface area contributed by atoms with Gasteiger partial charge in [0.2, 0.25) is 0 Å². The van der Waals surface area contributed by atoms with E-state index in [0.717, 1.165) is 33.0 Å². The number of thiazole rings is 1. The first-order valence-corrected chi connectivity index (χ1v) is 14.5. The number of hydrogen-bond donors (Lipinski definition) is 0. The molecule has 1 atom stereocenters. The highest BCUT2D eigenvalue weighted by Crippen LogP contribution is 2.38. The SMILES string of the molecule is CCc1nc2ccc(C(c3ccc(Cl)cc3)c3nccs3)cc2n1C1CCN(S(=O)(=O)C(F)(F)F)CC1. The van der Waals surface area contributed by atoms with Crippen LogP contribution in [0.25, 0.3) is 11.0 Å². The number of rotatable bonds is 6. The summed E-state index contributed by atoms with van der Waals surface area (Å²) in [5, 5.41) is 3.50. The number of fused-ring (bicyclic) bond motifs is 1. The van der Waals surface area contributed by atoms with E-state index in [1.165, 1.54) is 0 Å². The molecule has 2 aromatic heterocycles. The van der Waals surface area contributed by atoms with Crippen LogP contribution in [0.3, 0.4) is 0 Å². The smallest absolute Gasteiger partial charge is 0.325 e. The normalized spacial score (nSPS) is 16.9. The van der Waals surface area contributed by atoms with E-state index in [2.05, 4.69) is 15.6 Å². The Morgan fingerprint density at radius 3 is 2.38 bits per heavy atom. The molecule has 1 fully saturated rings. The van der Waals surface area contributed by atoms with E-state index in [4.69, 9.17) is 16.6 Å². The van der Waals surface area contributed by atoms with Crippen molar-refractivity contribution in [3.8, 4) is 0 Å². The van der Waals surface area contributed by atoms with E-state index in [0.29, 0.717) is 15.7 Å². The van der Waals surface area contributed by atoms with Crippen LogP contribution in [-0.4, -0.2) is 45.9 Å². The maximum absolute atomic E-state index is 13.1. The Balaban J connectivity index is 1.53. The predicted molar refractivity (Wildman–Crippen MR) is 138 cm³/mol. The molecule has 1 unspecified atom stereocenters. The van der Waals surface area contributed by atoms with Crippen LogP contribution in [0.2, 0.25) is 5.02 Å². The van der Waals surface area contributed by atoms with Crippen molar-refractivity contribution < 1.29 is 21.6 Å². The lowest BCUT2D eigenvalue weighted by atomic mass is 9.91. The lowest BCUT2D eigenvalue weighted by Crippen LogP contribution is -2.45. The summed E-state index contributed by atoms with van der Waals surface area (Å²) in [6.45, 7) is 1.59. The minimum absolute atomic E-state index is 0.131. The van der Waals surface area contributed by atoms with Crippen LogP contribution in [0, 0.1) is 0 Å². The van der Waals surface area contributed by atoms with E-state index >= 15 is 0 Å². The first kappa shape index (κ1) is 26.1. The van der Waals surface area contributed by atoms with Crippen LogP contribution in [0.15, 0.2) is 54.0 Å². The summed E-state index contributed by atoms with van der Waals surface area (Å²) in [4.78, 5) is 9.35. The van der Waals surface area contributed by atoms with Gasteiger partial charge in [-0.1, -0.05) is 36.7 Å². The molecule has 0 N–H and O–H groups in total. The molecule has 1 saturated heterocycles. The molecule has 5 rings (SSSR count). The number of nitrogens with zero attached hydrogens (tertiary/aromatic N) is 4. The van der Waals surface area contributed by atoms with Crippen LogP contribution in [0.4, 0.5) is 13.2 Å². The van der Waals surface area contributed by atoms with Crippen molar-refractivity contribution in [1.29, 1.82) is 0 Å². The van der Waals surface area contributed by atoms with Crippen molar-refractivity contribution in [3.05, 3.63) is 81.0 Å². The molecule has 0 aliphatic carbocycles. The van der Waals surface area contributed by atoms with Crippen LogP contribution in [0.5, 0.6) is 0 Å². The largest absolute Gasteiger partial charge is 0.511 e. The number of halogens is 4. The second-order valence-corrected chi connectivity index (χ2v) is 12.2. The fraction of sp³-hybridized carbons (Fsp3) is 0.360. The molecule has 0 radical (unpaired) electrons. The number of imidazole rings is 1. The summed E-state index contributed by atoms with van der Waals surface area (Å²) in [7, 11) is -5.33. The van der Waals surface area contributed by atoms with Gasteiger partial charge in [-0.05, 0) is 48.2 Å². The molecular formula is C25H24ClF3N4O2S2. The zero-order valence-corrected chi connectivity index (χ0v) is 22.2. The fourth-order valence-corrected chi connectivity index (χ4v) is 6.89. The van der Waals surface area contributed by atoms with Crippen LogP contribution >= 0.6 is 22.9 Å². The summed E-state index contributed by atoms with van der Waals surface area (Å²) < 4.78 is 65.6. The van der Waals surface area contributed by atoms with E-state index in [1.54, 1.807) is 17.5 Å². The summed E-state index contributed by atoms with van der Waals surface area (Å²) in [6, 6.07) is 13.5. The van der Waals surface area contributed by atoms with Crippen molar-refractivity contribution in [3.63, 3.8) is 0 Å². The standard InChI is InChI=1S/C25H24ClF3N4O2S2/c1-2-22-31-20-8-5-17(23(24-30-11-14-36-24)16-3-6-18(26)7-4-16)15-21(20)33(22)19-9-12-32(13-10-19)37(34,35)25(27,28)29/h3-8,11,14-15,19,23H,2,9-10,12-13H2,1H3. The van der Waals surface area contributed by atoms with E-state index < -0.39 is 15.5 Å². The van der Waals surface area contributed by atoms with Gasteiger partial charge in [-0.3, -0.25) is 0 Å². The first-order chi connectivity index (χ1) is 17.6. The van der Waals surface area contributed by atoms with Gasteiger partial charge < -0.3 is 4.57 Å². The molecule has 196 valence electrons. The molecule has 4 aromatic rings. The molecule has 3 heterocycles. The third kappa shape index (κ3) is 4.89. The maximum atomic E-state index is 13.1. The Hall–Kier alpha value is -2.47. The average molecular weight is 569 g/mol. The van der Waals surface area contributed by atoms with Crippen molar-refractivity contribution in [2.24, 2.45) is 0 Å². The number of alkyl halides is 3. The summed E-state index contributed by atoms with van der Waals surface area (Å²) in [5.74, 6) is 0.690. The highest BCUT2D eigenvalue weighted by atomic mass is 35.5. The molecule has 37 heavy (non-hydrogen) atoms. The van der Waals surface area contributed by atoms with Crippen molar-refractivity contribution in [2.75, 3.05) is 13.1 Å². The number of benzene rings is 2. The van der Waals surface area contributed by atoms with E-state index in [1.807, 2.05) is 48.7 Å². The third-order valence-corrected chi connectivity index (χ3v) is 9.48. The number of piperidine rings is 1. The van der Waals surface area contributed by atoms with Gasteiger partial charge in [0.1, 0.15) is 10.8 Å². The highest BCUT2D eigenvalue weighted by Gasteiger charge is 2.50. The van der Waals surface area contributed by atoms with Gasteiger partial charge in [0.05, 0.1) is 17.0 Å². The zero-order valence-electron chi connectivity index (χ0n) is 19.8. The Bertz CT molecular complexity index is 1500. The molecule has 2 aromatic carbocycles. The van der Waals surface area contributed by atoms with Crippen LogP contribution in [0.1, 0.15) is 53.7 Å². The van der Waals surface area contributed by atoms with Crippen LogP contribution < -0.4 is 0 Å². The minimum Gasteiger partial charge on any atom is -0.325 e. The molecule has 0 saturated carbocycles. The minimum atomic E-state index is -5.33. The third-order valence-electron chi connectivity index (χ3n) is 6.76. The molecule has 0 bridgehead atoms. The summed E-state index contributed by atoms with van der Waals surface area (Å²) in [5.41, 5.74) is -1.59. The molecule has 0 spiro atoms. The van der Waals surface area contributed by atoms with E-state index in [-0.39, 0.29) is 37.9 Å². The van der Waals surface area contributed by atoms with Crippen LogP contribution in [-0.2, 0) is 16.4 Å². The van der Waals surface area contributed by atoms with Gasteiger partial charge >= 0.3 is 15.5 Å². The van der Waals surface area contributed by atoms with Crippen molar-refractivity contribution >= 4 is 44.0 Å². The zero-order chi connectivity index (χ0) is 26.4. The van der Waals surface area contributed by atoms with Gasteiger partial charge in [0.15, 0.2) is 0 Å². The lowest BCUT2D eigenvalue weighted by molar-refractivity contribution is -0.0496. The van der Waals surface area contributed by atoms with Gasteiger partial charge in [-0.2, -0.15) is 17.5 Å². The highest BCUT2D eigenvalue weighted by molar-refractivity contribution is 7.90.